The highest BCUT2D eigenvalue weighted by molar-refractivity contribution is 5.92. The minimum absolute atomic E-state index is 0.0700. The summed E-state index contributed by atoms with van der Waals surface area (Å²) in [5, 5.41) is 8.57. The van der Waals surface area contributed by atoms with E-state index in [1.54, 1.807) is 64.1 Å². The lowest BCUT2D eigenvalue weighted by Crippen LogP contribution is -2.24. The van der Waals surface area contributed by atoms with E-state index in [4.69, 9.17) is 9.47 Å². The van der Waals surface area contributed by atoms with E-state index in [0.29, 0.717) is 59.1 Å². The largest absolute Gasteiger partial charge is 0.543 e. The molecule has 0 unspecified atom stereocenters. The summed E-state index contributed by atoms with van der Waals surface area (Å²) in [6, 6.07) is 10.6. The van der Waals surface area contributed by atoms with Gasteiger partial charge in [0.05, 0.1) is 34.4 Å². The van der Waals surface area contributed by atoms with Crippen molar-refractivity contribution < 1.29 is 58.3 Å². The summed E-state index contributed by atoms with van der Waals surface area (Å²) in [7, 11) is 0. The summed E-state index contributed by atoms with van der Waals surface area (Å²) < 4.78 is 10.0. The van der Waals surface area contributed by atoms with E-state index in [-0.39, 0.29) is 25.0 Å². The van der Waals surface area contributed by atoms with E-state index in [1.807, 2.05) is 0 Å². The molecule has 0 amide bonds. The molecule has 1 fully saturated rings. The van der Waals surface area contributed by atoms with Gasteiger partial charge in [-0.1, -0.05) is 36.4 Å². The van der Waals surface area contributed by atoms with Gasteiger partial charge in [-0.05, 0) is 87.5 Å². The highest BCUT2D eigenvalue weighted by atomic mass is 17.5. The van der Waals surface area contributed by atoms with Gasteiger partial charge in [0.25, 0.3) is 0 Å². The number of carbonyl (C=O) groups is 4. The second-order valence-corrected chi connectivity index (χ2v) is 9.59. The maximum absolute atomic E-state index is 12.1. The van der Waals surface area contributed by atoms with Crippen LogP contribution in [0.15, 0.2) is 36.4 Å². The zero-order valence-electron chi connectivity index (χ0n) is 22.8. The Morgan fingerprint density at radius 2 is 0.900 bits per heavy atom. The molecule has 0 saturated heterocycles. The molecule has 0 aliphatic heterocycles. The molecular weight excluding hydrogens is 528 g/mol. The molecule has 0 heterocycles. The first-order valence-corrected chi connectivity index (χ1v) is 12.7. The van der Waals surface area contributed by atoms with Gasteiger partial charge in [0.15, 0.2) is 0 Å². The molecule has 0 radical (unpaired) electrons. The molecule has 40 heavy (non-hydrogen) atoms. The summed E-state index contributed by atoms with van der Waals surface area (Å²) in [4.78, 5) is 65.5. The average molecular weight is 561 g/mol. The number of hydrogen-bond donors (Lipinski definition) is 0. The van der Waals surface area contributed by atoms with Crippen molar-refractivity contribution in [1.29, 1.82) is 0 Å². The van der Waals surface area contributed by atoms with Gasteiger partial charge in [-0.25, -0.2) is 29.0 Å². The Morgan fingerprint density at radius 3 is 1.23 bits per heavy atom. The van der Waals surface area contributed by atoms with Crippen molar-refractivity contribution in [1.82, 2.24) is 0 Å². The Bertz CT molecular complexity index is 1070. The monoisotopic (exact) mass is 560 g/mol. The zero-order chi connectivity index (χ0) is 29.1. The van der Waals surface area contributed by atoms with Gasteiger partial charge in [0, 0.05) is 0 Å². The minimum atomic E-state index is -1.14. The molecule has 1 aliphatic carbocycles. The van der Waals surface area contributed by atoms with Gasteiger partial charge in [-0.3, -0.25) is 9.78 Å². The van der Waals surface area contributed by atoms with E-state index in [2.05, 4.69) is 29.6 Å². The molecule has 0 atom stereocenters. The summed E-state index contributed by atoms with van der Waals surface area (Å²) in [6.07, 6.45) is 0.568. The van der Waals surface area contributed by atoms with Crippen LogP contribution in [0.3, 0.4) is 0 Å². The Hall–Kier alpha value is -4.16. The third kappa shape index (κ3) is 8.95. The molecule has 0 bridgehead atoms. The summed E-state index contributed by atoms with van der Waals surface area (Å²) in [6.45, 7) is 7.14. The topological polar surface area (TPSA) is 142 Å². The standard InChI is InChI=1S/C28H32O12/c1-17-7-5-8-18(2)23(17)25(29)35-39-37-27(31)33-15-21-11-13-22(14-12-21)16-34-28(32)38-40-36-26(30)24-19(3)9-6-10-20(24)4/h5-10,21-22H,11-16H2,1-4H3. The molecule has 216 valence electrons. The van der Waals surface area contributed by atoms with Gasteiger partial charge in [-0.2, -0.15) is 0 Å². The molecule has 1 aliphatic rings. The molecule has 0 aromatic heterocycles. The maximum Gasteiger partial charge on any atom is 0.543 e. The molecule has 0 N–H and O–H groups in total. The molecule has 1 saturated carbocycles. The number of benzene rings is 2. The Labute approximate surface area is 231 Å². The summed E-state index contributed by atoms with van der Waals surface area (Å²) in [5.74, 6) is -1.45. The van der Waals surface area contributed by atoms with Crippen molar-refractivity contribution >= 4 is 24.2 Å². The number of rotatable bonds is 10. The number of aryl methyl sites for hydroxylation is 4. The Morgan fingerprint density at radius 1 is 0.575 bits per heavy atom. The van der Waals surface area contributed by atoms with Crippen LogP contribution in [0.5, 0.6) is 0 Å². The van der Waals surface area contributed by atoms with E-state index in [0.717, 1.165) is 0 Å². The first-order chi connectivity index (χ1) is 19.2. The zero-order valence-corrected chi connectivity index (χ0v) is 22.8. The predicted molar refractivity (Wildman–Crippen MR) is 135 cm³/mol. The molecule has 12 nitrogen and oxygen atoms in total. The van der Waals surface area contributed by atoms with Crippen LogP contribution in [0.1, 0.15) is 68.7 Å². The van der Waals surface area contributed by atoms with Crippen molar-refractivity contribution in [2.75, 3.05) is 13.2 Å². The van der Waals surface area contributed by atoms with Crippen molar-refractivity contribution in [2.24, 2.45) is 11.8 Å². The third-order valence-electron chi connectivity index (χ3n) is 6.63. The van der Waals surface area contributed by atoms with Gasteiger partial charge in [0.2, 0.25) is 0 Å². The van der Waals surface area contributed by atoms with Gasteiger partial charge >= 0.3 is 24.2 Å². The number of hydrogen-bond acceptors (Lipinski definition) is 12. The van der Waals surface area contributed by atoms with E-state index in [1.165, 1.54) is 0 Å². The fourth-order valence-electron chi connectivity index (χ4n) is 4.49. The molecule has 3 rings (SSSR count). The highest BCUT2D eigenvalue weighted by Crippen LogP contribution is 2.29. The van der Waals surface area contributed by atoms with Crippen molar-refractivity contribution in [3.8, 4) is 0 Å². The van der Waals surface area contributed by atoms with Crippen LogP contribution in [-0.4, -0.2) is 37.5 Å². The van der Waals surface area contributed by atoms with Crippen LogP contribution < -0.4 is 0 Å². The minimum Gasteiger partial charge on any atom is -0.432 e. The van der Waals surface area contributed by atoms with Crippen LogP contribution in [0.2, 0.25) is 0 Å². The maximum atomic E-state index is 12.1. The third-order valence-corrected chi connectivity index (χ3v) is 6.63. The van der Waals surface area contributed by atoms with Crippen molar-refractivity contribution in [2.45, 2.75) is 53.4 Å². The Balaban J connectivity index is 1.24. The van der Waals surface area contributed by atoms with Crippen molar-refractivity contribution in [3.63, 3.8) is 0 Å². The van der Waals surface area contributed by atoms with Crippen LogP contribution >= 0.6 is 0 Å². The van der Waals surface area contributed by atoms with Crippen LogP contribution in [0.4, 0.5) is 9.59 Å². The van der Waals surface area contributed by atoms with Gasteiger partial charge < -0.3 is 9.47 Å². The van der Waals surface area contributed by atoms with E-state index in [9.17, 15) is 19.2 Å². The molecule has 2 aromatic rings. The van der Waals surface area contributed by atoms with E-state index >= 15 is 0 Å². The lowest BCUT2D eigenvalue weighted by Gasteiger charge is -2.27. The highest BCUT2D eigenvalue weighted by Gasteiger charge is 2.25. The van der Waals surface area contributed by atoms with E-state index < -0.39 is 24.2 Å². The SMILES string of the molecule is Cc1cccc(C)c1C(=O)OOOC(=O)OCC1CCC(COC(=O)OOOC(=O)c2c(C)cccc2C)CC1. The Kier molecular flexibility index (Phi) is 11.3. The van der Waals surface area contributed by atoms with Gasteiger partial charge in [0.1, 0.15) is 0 Å². The molecule has 12 heteroatoms. The number of ether oxygens (including phenoxy) is 2. The van der Waals surface area contributed by atoms with Crippen LogP contribution in [0, 0.1) is 39.5 Å². The summed E-state index contributed by atoms with van der Waals surface area (Å²) in [5.41, 5.74) is 3.40. The van der Waals surface area contributed by atoms with Crippen LogP contribution in [0.25, 0.3) is 0 Å². The summed E-state index contributed by atoms with van der Waals surface area (Å²) >= 11 is 0. The first-order valence-electron chi connectivity index (χ1n) is 12.7. The van der Waals surface area contributed by atoms with Gasteiger partial charge in [-0.15, -0.1) is 0 Å². The second kappa shape index (κ2) is 14.8. The van der Waals surface area contributed by atoms with Crippen molar-refractivity contribution in [3.05, 3.63) is 69.8 Å². The average Bonchev–Trinajstić information content (AvgIpc) is 2.91. The lowest BCUT2D eigenvalue weighted by atomic mass is 9.83. The normalized spacial score (nSPS) is 16.4. The molecule has 0 spiro atoms. The first kappa shape index (κ1) is 30.4. The second-order valence-electron chi connectivity index (χ2n) is 9.59. The smallest absolute Gasteiger partial charge is 0.432 e. The fourth-order valence-corrected chi connectivity index (χ4v) is 4.49. The lowest BCUT2D eigenvalue weighted by molar-refractivity contribution is -0.452. The molecule has 2 aromatic carbocycles. The van der Waals surface area contributed by atoms with Crippen LogP contribution in [-0.2, 0) is 39.1 Å². The fraction of sp³-hybridized carbons (Fsp3) is 0.429. The molecular formula is C28H32O12. The quantitative estimate of drug-likeness (QED) is 0.199. The number of carbonyl (C=O) groups excluding carboxylic acids is 4. The predicted octanol–water partition coefficient (Wildman–Crippen LogP) is 5.74.